The lowest BCUT2D eigenvalue weighted by atomic mass is 9.86. The minimum atomic E-state index is -0.508. The summed E-state index contributed by atoms with van der Waals surface area (Å²) in [5.41, 5.74) is 0.974. The smallest absolute Gasteiger partial charge is 0.343 e. The van der Waals surface area contributed by atoms with Gasteiger partial charge in [-0.1, -0.05) is 18.2 Å². The fourth-order valence-electron chi connectivity index (χ4n) is 3.32. The first-order valence-corrected chi connectivity index (χ1v) is 8.10. The molecule has 0 saturated carbocycles. The van der Waals surface area contributed by atoms with Crippen LogP contribution in [0.1, 0.15) is 23.5 Å². The number of methoxy groups -OCH3 is 2. The van der Waals surface area contributed by atoms with Crippen LogP contribution in [0.2, 0.25) is 0 Å². The summed E-state index contributed by atoms with van der Waals surface area (Å²) in [4.78, 5) is 24.9. The van der Waals surface area contributed by atoms with Gasteiger partial charge in [0.2, 0.25) is 0 Å². The third-order valence-electron chi connectivity index (χ3n) is 4.54. The summed E-state index contributed by atoms with van der Waals surface area (Å²) >= 11 is 0. The van der Waals surface area contributed by atoms with Crippen molar-refractivity contribution in [3.05, 3.63) is 64.0 Å². The molecule has 0 N–H and O–H groups in total. The van der Waals surface area contributed by atoms with E-state index in [9.17, 15) is 9.59 Å². The highest BCUT2D eigenvalue weighted by atomic mass is 16.5. The number of hydrogen-bond acceptors (Lipinski definition) is 6. The molecule has 0 saturated heterocycles. The van der Waals surface area contributed by atoms with Crippen LogP contribution in [0.3, 0.4) is 0 Å². The van der Waals surface area contributed by atoms with Gasteiger partial charge in [-0.25, -0.2) is 4.79 Å². The van der Waals surface area contributed by atoms with Gasteiger partial charge in [0.25, 0.3) is 0 Å². The minimum Gasteiger partial charge on any atom is -0.493 e. The van der Waals surface area contributed by atoms with Crippen LogP contribution < -0.4 is 19.8 Å². The van der Waals surface area contributed by atoms with E-state index in [1.54, 1.807) is 43.5 Å². The first-order valence-electron chi connectivity index (χ1n) is 8.10. The molecule has 6 heteroatoms. The minimum absolute atomic E-state index is 0.0472. The maximum absolute atomic E-state index is 12.6. The molecule has 1 aliphatic rings. The summed E-state index contributed by atoms with van der Waals surface area (Å²) in [6.07, 6.45) is 0.0472. The molecule has 2 heterocycles. The average Bonchev–Trinajstić information content (AvgIpc) is 2.66. The van der Waals surface area contributed by atoms with Crippen LogP contribution in [-0.2, 0) is 4.79 Å². The van der Waals surface area contributed by atoms with Crippen LogP contribution in [0.4, 0.5) is 0 Å². The van der Waals surface area contributed by atoms with Crippen molar-refractivity contribution in [2.75, 3.05) is 14.2 Å². The Hall–Kier alpha value is -3.28. The molecule has 0 radical (unpaired) electrons. The van der Waals surface area contributed by atoms with Gasteiger partial charge in [-0.15, -0.1) is 0 Å². The van der Waals surface area contributed by atoms with Gasteiger partial charge in [0.05, 0.1) is 31.6 Å². The Bertz CT molecular complexity index is 1070. The van der Waals surface area contributed by atoms with Gasteiger partial charge in [-0.2, -0.15) is 0 Å². The number of rotatable bonds is 3. The van der Waals surface area contributed by atoms with E-state index in [4.69, 9.17) is 18.6 Å². The second-order valence-corrected chi connectivity index (χ2v) is 5.97. The Labute approximate surface area is 148 Å². The van der Waals surface area contributed by atoms with E-state index in [0.29, 0.717) is 28.0 Å². The Morgan fingerprint density at radius 3 is 2.54 bits per heavy atom. The SMILES string of the molecule is COc1ccc(C2CC(=O)Oc3c2c(=O)oc2ccccc32)cc1OC. The van der Waals surface area contributed by atoms with Gasteiger partial charge in [-0.3, -0.25) is 4.79 Å². The first kappa shape index (κ1) is 16.2. The molecule has 3 aromatic rings. The maximum Gasteiger partial charge on any atom is 0.343 e. The zero-order valence-corrected chi connectivity index (χ0v) is 14.3. The molecule has 0 spiro atoms. The van der Waals surface area contributed by atoms with Gasteiger partial charge in [-0.05, 0) is 29.8 Å². The van der Waals surface area contributed by atoms with Crippen molar-refractivity contribution >= 4 is 16.9 Å². The molecule has 4 rings (SSSR count). The van der Waals surface area contributed by atoms with Crippen molar-refractivity contribution in [2.24, 2.45) is 0 Å². The lowest BCUT2D eigenvalue weighted by molar-refractivity contribution is -0.135. The molecule has 0 aliphatic carbocycles. The number of fused-ring (bicyclic) bond motifs is 3. The van der Waals surface area contributed by atoms with Crippen LogP contribution in [-0.4, -0.2) is 20.2 Å². The predicted octanol–water partition coefficient (Wildman–Crippen LogP) is 3.25. The second kappa shape index (κ2) is 6.22. The normalized spacial score (nSPS) is 16.1. The van der Waals surface area contributed by atoms with Crippen LogP contribution >= 0.6 is 0 Å². The monoisotopic (exact) mass is 352 g/mol. The summed E-state index contributed by atoms with van der Waals surface area (Å²) in [6.45, 7) is 0. The molecule has 1 unspecified atom stereocenters. The second-order valence-electron chi connectivity index (χ2n) is 5.97. The van der Waals surface area contributed by atoms with Crippen molar-refractivity contribution in [1.29, 1.82) is 0 Å². The fraction of sp³-hybridized carbons (Fsp3) is 0.200. The molecule has 2 aromatic carbocycles. The molecule has 1 aliphatic heterocycles. The molecule has 0 bridgehead atoms. The highest BCUT2D eigenvalue weighted by Crippen LogP contribution is 2.42. The zero-order valence-electron chi connectivity index (χ0n) is 14.3. The Morgan fingerprint density at radius 2 is 1.77 bits per heavy atom. The van der Waals surface area contributed by atoms with Crippen LogP contribution in [0.5, 0.6) is 17.2 Å². The van der Waals surface area contributed by atoms with Gasteiger partial charge in [0, 0.05) is 5.92 Å². The lowest BCUT2D eigenvalue weighted by Gasteiger charge is -2.24. The molecule has 132 valence electrons. The molecule has 26 heavy (non-hydrogen) atoms. The van der Waals surface area contributed by atoms with Crippen LogP contribution in [0.25, 0.3) is 11.0 Å². The van der Waals surface area contributed by atoms with Gasteiger partial charge in [0.15, 0.2) is 17.2 Å². The van der Waals surface area contributed by atoms with E-state index >= 15 is 0 Å². The first-order chi connectivity index (χ1) is 12.6. The fourth-order valence-corrected chi connectivity index (χ4v) is 3.32. The van der Waals surface area contributed by atoms with E-state index in [0.717, 1.165) is 5.56 Å². The molecule has 6 nitrogen and oxygen atoms in total. The Kier molecular flexibility index (Phi) is 3.88. The van der Waals surface area contributed by atoms with E-state index in [1.807, 2.05) is 6.07 Å². The lowest BCUT2D eigenvalue weighted by Crippen LogP contribution is -2.26. The Morgan fingerprint density at radius 1 is 1.00 bits per heavy atom. The summed E-state index contributed by atoms with van der Waals surface area (Å²) in [6, 6.07) is 12.3. The van der Waals surface area contributed by atoms with Crippen molar-refractivity contribution in [2.45, 2.75) is 12.3 Å². The summed E-state index contributed by atoms with van der Waals surface area (Å²) in [7, 11) is 3.08. The number of hydrogen-bond donors (Lipinski definition) is 0. The largest absolute Gasteiger partial charge is 0.493 e. The van der Waals surface area contributed by atoms with E-state index in [1.165, 1.54) is 7.11 Å². The van der Waals surface area contributed by atoms with E-state index < -0.39 is 17.5 Å². The van der Waals surface area contributed by atoms with Crippen molar-refractivity contribution in [1.82, 2.24) is 0 Å². The van der Waals surface area contributed by atoms with Gasteiger partial charge < -0.3 is 18.6 Å². The molecule has 1 aromatic heterocycles. The molecule has 1 atom stereocenters. The number of carbonyl (C=O) groups is 1. The number of carbonyl (C=O) groups excluding carboxylic acids is 1. The quantitative estimate of drug-likeness (QED) is 0.532. The topological polar surface area (TPSA) is 75.0 Å². The maximum atomic E-state index is 12.6. The van der Waals surface area contributed by atoms with Gasteiger partial charge >= 0.3 is 11.6 Å². The van der Waals surface area contributed by atoms with Crippen molar-refractivity contribution < 1.29 is 23.4 Å². The molecule has 0 fully saturated rings. The molecular formula is C20H16O6. The zero-order chi connectivity index (χ0) is 18.3. The number of para-hydroxylation sites is 1. The van der Waals surface area contributed by atoms with Crippen molar-refractivity contribution in [3.63, 3.8) is 0 Å². The predicted molar refractivity (Wildman–Crippen MR) is 94.1 cm³/mol. The summed E-state index contributed by atoms with van der Waals surface area (Å²) in [5, 5.41) is 0.598. The third kappa shape index (κ3) is 2.50. The highest BCUT2D eigenvalue weighted by Gasteiger charge is 2.34. The summed E-state index contributed by atoms with van der Waals surface area (Å²) in [5.74, 6) is 0.490. The van der Waals surface area contributed by atoms with Gasteiger partial charge in [0.1, 0.15) is 5.58 Å². The summed E-state index contributed by atoms with van der Waals surface area (Å²) < 4.78 is 21.5. The molecule has 0 amide bonds. The highest BCUT2D eigenvalue weighted by molar-refractivity contribution is 5.90. The third-order valence-corrected chi connectivity index (χ3v) is 4.54. The van der Waals surface area contributed by atoms with Crippen LogP contribution in [0.15, 0.2) is 51.7 Å². The number of benzene rings is 2. The Balaban J connectivity index is 1.95. The van der Waals surface area contributed by atoms with E-state index in [2.05, 4.69) is 0 Å². The molecular weight excluding hydrogens is 336 g/mol. The standard InChI is InChI=1S/C20H16O6/c1-23-15-8-7-11(9-16(15)24-2)13-10-17(21)26-19-12-5-3-4-6-14(12)25-20(22)18(13)19/h3-9,13H,10H2,1-2H3. The average molecular weight is 352 g/mol. The van der Waals surface area contributed by atoms with E-state index in [-0.39, 0.29) is 12.2 Å². The van der Waals surface area contributed by atoms with Crippen molar-refractivity contribution in [3.8, 4) is 17.2 Å². The number of ether oxygens (including phenoxy) is 3. The number of esters is 1. The van der Waals surface area contributed by atoms with Crippen LogP contribution in [0, 0.1) is 0 Å².